The summed E-state index contributed by atoms with van der Waals surface area (Å²) in [4.78, 5) is 12.8. The molecule has 0 aromatic heterocycles. The number of piperidine rings is 1. The second-order valence-electron chi connectivity index (χ2n) is 7.17. The van der Waals surface area contributed by atoms with Crippen LogP contribution >= 0.6 is 23.2 Å². The van der Waals surface area contributed by atoms with Crippen molar-refractivity contribution in [3.05, 3.63) is 52.0 Å². The fourth-order valence-corrected chi connectivity index (χ4v) is 5.51. The first-order valence-electron chi connectivity index (χ1n) is 9.70. The predicted octanol–water partition coefficient (Wildman–Crippen LogP) is 3.73. The van der Waals surface area contributed by atoms with Crippen molar-refractivity contribution in [2.24, 2.45) is 5.92 Å². The molecule has 1 fully saturated rings. The highest BCUT2D eigenvalue weighted by atomic mass is 35.5. The van der Waals surface area contributed by atoms with Gasteiger partial charge in [-0.15, -0.1) is 0 Å². The molecule has 0 radical (unpaired) electrons. The number of hydrogen-bond donors (Lipinski definition) is 1. The molecule has 7 nitrogen and oxygen atoms in total. The Bertz CT molecular complexity index is 1060. The molecule has 10 heteroatoms. The number of benzene rings is 2. The van der Waals surface area contributed by atoms with Crippen LogP contribution in [0.2, 0.25) is 10.0 Å². The summed E-state index contributed by atoms with van der Waals surface area (Å²) >= 11 is 12.1. The Labute approximate surface area is 192 Å². The predicted molar refractivity (Wildman–Crippen MR) is 119 cm³/mol. The molecule has 1 amide bonds. The van der Waals surface area contributed by atoms with E-state index in [0.717, 1.165) is 5.56 Å². The van der Waals surface area contributed by atoms with E-state index in [1.54, 1.807) is 24.3 Å². The third-order valence-corrected chi connectivity index (χ3v) is 7.66. The maximum Gasteiger partial charge on any atom is 0.243 e. The lowest BCUT2D eigenvalue weighted by molar-refractivity contribution is -0.126. The number of halogens is 2. The molecule has 168 valence electrons. The van der Waals surface area contributed by atoms with Crippen molar-refractivity contribution < 1.29 is 22.7 Å². The smallest absolute Gasteiger partial charge is 0.243 e. The van der Waals surface area contributed by atoms with Crippen LogP contribution in [0, 0.1) is 5.92 Å². The first kappa shape index (κ1) is 23.7. The highest BCUT2D eigenvalue weighted by molar-refractivity contribution is 7.89. The summed E-state index contributed by atoms with van der Waals surface area (Å²) in [5.74, 6) is 0.112. The highest BCUT2D eigenvalue weighted by Gasteiger charge is 2.33. The second kappa shape index (κ2) is 10.1. The van der Waals surface area contributed by atoms with Crippen LogP contribution in [-0.4, -0.2) is 45.9 Å². The number of hydrogen-bond acceptors (Lipinski definition) is 5. The lowest BCUT2D eigenvalue weighted by Gasteiger charge is -2.31. The molecule has 1 N–H and O–H groups in total. The number of nitrogens with one attached hydrogen (secondary N) is 1. The van der Waals surface area contributed by atoms with Gasteiger partial charge in [-0.3, -0.25) is 4.79 Å². The number of carbonyl (C=O) groups is 1. The largest absolute Gasteiger partial charge is 0.493 e. The first-order chi connectivity index (χ1) is 14.8. The highest BCUT2D eigenvalue weighted by Crippen LogP contribution is 2.32. The zero-order chi connectivity index (χ0) is 22.6. The van der Waals surface area contributed by atoms with E-state index >= 15 is 0 Å². The van der Waals surface area contributed by atoms with Crippen molar-refractivity contribution in [3.63, 3.8) is 0 Å². The van der Waals surface area contributed by atoms with Crippen molar-refractivity contribution >= 4 is 39.1 Å². The Balaban J connectivity index is 1.69. The maximum absolute atomic E-state index is 13.1. The topological polar surface area (TPSA) is 84.9 Å². The molecule has 2 aromatic carbocycles. The van der Waals surface area contributed by atoms with Gasteiger partial charge in [0.05, 0.1) is 25.0 Å². The minimum Gasteiger partial charge on any atom is -0.493 e. The van der Waals surface area contributed by atoms with Gasteiger partial charge < -0.3 is 14.8 Å². The van der Waals surface area contributed by atoms with Gasteiger partial charge in [0.2, 0.25) is 15.9 Å². The molecule has 0 bridgehead atoms. The van der Waals surface area contributed by atoms with Crippen LogP contribution in [-0.2, 0) is 21.4 Å². The normalized spacial score (nSPS) is 17.2. The number of nitrogens with zero attached hydrogens (tertiary/aromatic N) is 1. The van der Waals surface area contributed by atoms with Gasteiger partial charge in [-0.25, -0.2) is 8.42 Å². The standard InChI is InChI=1S/C21H24Cl2N2O5S/c1-29-19-8-7-17(11-20(19)30-2)31(27,28)25-9-3-4-15(13-25)21(26)24-12-14-5-6-16(22)10-18(14)23/h5-8,10-11,15H,3-4,9,12-13H2,1-2H3,(H,24,26)/t15-/m1/s1. The van der Waals surface area contributed by atoms with Crippen LogP contribution in [0.25, 0.3) is 0 Å². The van der Waals surface area contributed by atoms with Gasteiger partial charge in [0.1, 0.15) is 0 Å². The molecule has 0 aliphatic carbocycles. The average Bonchev–Trinajstić information content (AvgIpc) is 2.77. The fourth-order valence-electron chi connectivity index (χ4n) is 3.49. The van der Waals surface area contributed by atoms with Crippen molar-refractivity contribution in [1.82, 2.24) is 9.62 Å². The lowest BCUT2D eigenvalue weighted by atomic mass is 9.99. The van der Waals surface area contributed by atoms with Crippen molar-refractivity contribution in [2.45, 2.75) is 24.3 Å². The van der Waals surface area contributed by atoms with E-state index in [9.17, 15) is 13.2 Å². The summed E-state index contributed by atoms with van der Waals surface area (Å²) in [5, 5.41) is 3.83. The number of rotatable bonds is 7. The lowest BCUT2D eigenvalue weighted by Crippen LogP contribution is -2.45. The van der Waals surface area contributed by atoms with Crippen molar-refractivity contribution in [1.29, 1.82) is 0 Å². The van der Waals surface area contributed by atoms with E-state index < -0.39 is 15.9 Å². The summed E-state index contributed by atoms with van der Waals surface area (Å²) < 4.78 is 38.0. The molecular weight excluding hydrogens is 463 g/mol. The van der Waals surface area contributed by atoms with E-state index in [2.05, 4.69) is 5.32 Å². The van der Waals surface area contributed by atoms with Gasteiger partial charge in [0, 0.05) is 35.7 Å². The molecular formula is C21H24Cl2N2O5S. The Morgan fingerprint density at radius 1 is 1.13 bits per heavy atom. The quantitative estimate of drug-likeness (QED) is 0.644. The van der Waals surface area contributed by atoms with E-state index in [4.69, 9.17) is 32.7 Å². The molecule has 3 rings (SSSR count). The van der Waals surface area contributed by atoms with Gasteiger partial charge in [-0.1, -0.05) is 29.3 Å². The Hall–Kier alpha value is -2.00. The van der Waals surface area contributed by atoms with Gasteiger partial charge >= 0.3 is 0 Å². The van der Waals surface area contributed by atoms with E-state index in [-0.39, 0.29) is 23.9 Å². The van der Waals surface area contributed by atoms with Crippen LogP contribution in [0.4, 0.5) is 0 Å². The first-order valence-corrected chi connectivity index (χ1v) is 11.9. The minimum atomic E-state index is -3.78. The summed E-state index contributed by atoms with van der Waals surface area (Å²) in [6.45, 7) is 0.702. The molecule has 0 unspecified atom stereocenters. The zero-order valence-corrected chi connectivity index (χ0v) is 19.6. The van der Waals surface area contributed by atoms with Gasteiger partial charge in [-0.2, -0.15) is 4.31 Å². The fraction of sp³-hybridized carbons (Fsp3) is 0.381. The SMILES string of the molecule is COc1ccc(S(=O)(=O)N2CCC[C@@H](C(=O)NCc3ccc(Cl)cc3Cl)C2)cc1OC. The van der Waals surface area contributed by atoms with E-state index in [1.165, 1.54) is 30.7 Å². The molecule has 1 heterocycles. The molecule has 1 atom stereocenters. The Kier molecular flexibility index (Phi) is 7.69. The monoisotopic (exact) mass is 486 g/mol. The van der Waals surface area contributed by atoms with Crippen LogP contribution in [0.1, 0.15) is 18.4 Å². The number of sulfonamides is 1. The molecule has 1 aliphatic heterocycles. The summed E-state index contributed by atoms with van der Waals surface area (Å²) in [6.07, 6.45) is 1.20. The van der Waals surface area contributed by atoms with Crippen LogP contribution in [0.5, 0.6) is 11.5 Å². The van der Waals surface area contributed by atoms with Crippen LogP contribution < -0.4 is 14.8 Å². The third-order valence-electron chi connectivity index (χ3n) is 5.22. The van der Waals surface area contributed by atoms with Crippen LogP contribution in [0.15, 0.2) is 41.3 Å². The number of carbonyl (C=O) groups excluding carboxylic acids is 1. The Morgan fingerprint density at radius 3 is 2.55 bits per heavy atom. The minimum absolute atomic E-state index is 0.0964. The Morgan fingerprint density at radius 2 is 1.87 bits per heavy atom. The molecule has 0 spiro atoms. The van der Waals surface area contributed by atoms with E-state index in [0.29, 0.717) is 40.9 Å². The van der Waals surface area contributed by atoms with E-state index in [1.807, 2.05) is 0 Å². The van der Waals surface area contributed by atoms with Crippen molar-refractivity contribution in [2.75, 3.05) is 27.3 Å². The van der Waals surface area contributed by atoms with Crippen molar-refractivity contribution in [3.8, 4) is 11.5 Å². The molecule has 1 aliphatic rings. The van der Waals surface area contributed by atoms with Crippen LogP contribution in [0.3, 0.4) is 0 Å². The second-order valence-corrected chi connectivity index (χ2v) is 9.95. The van der Waals surface area contributed by atoms with Gasteiger partial charge in [0.15, 0.2) is 11.5 Å². The summed E-state index contributed by atoms with van der Waals surface area (Å²) in [6, 6.07) is 9.52. The molecule has 0 saturated carbocycles. The molecule has 2 aromatic rings. The molecule has 31 heavy (non-hydrogen) atoms. The zero-order valence-electron chi connectivity index (χ0n) is 17.2. The van der Waals surface area contributed by atoms with Gasteiger partial charge in [-0.05, 0) is 42.7 Å². The number of ether oxygens (including phenoxy) is 2. The summed E-state index contributed by atoms with van der Waals surface area (Å²) in [5.41, 5.74) is 0.741. The molecule has 1 saturated heterocycles. The number of methoxy groups -OCH3 is 2. The number of amides is 1. The summed E-state index contributed by atoms with van der Waals surface area (Å²) in [7, 11) is -0.853. The van der Waals surface area contributed by atoms with Gasteiger partial charge in [0.25, 0.3) is 0 Å². The maximum atomic E-state index is 13.1. The average molecular weight is 487 g/mol. The third kappa shape index (κ3) is 5.44.